The third kappa shape index (κ3) is 3.00. The second kappa shape index (κ2) is 7.06. The van der Waals surface area contributed by atoms with Crippen molar-refractivity contribution in [2.45, 2.75) is 0 Å². The highest BCUT2D eigenvalue weighted by atomic mass is 16.1. The van der Waals surface area contributed by atoms with Gasteiger partial charge in [-0.1, -0.05) is 24.3 Å². The van der Waals surface area contributed by atoms with E-state index in [1.165, 1.54) is 0 Å². The molecule has 0 unspecified atom stereocenters. The fourth-order valence-corrected chi connectivity index (χ4v) is 3.13. The number of nitriles is 1. The summed E-state index contributed by atoms with van der Waals surface area (Å²) in [5.74, 6) is 0. The van der Waals surface area contributed by atoms with E-state index in [9.17, 15) is 10.1 Å². The Balaban J connectivity index is 2.13. The highest BCUT2D eigenvalue weighted by Crippen LogP contribution is 2.37. The van der Waals surface area contributed by atoms with Gasteiger partial charge in [0.25, 0.3) is 5.56 Å². The molecule has 0 aliphatic heterocycles. The molecule has 27 heavy (non-hydrogen) atoms. The molecule has 5 nitrogen and oxygen atoms in total. The van der Waals surface area contributed by atoms with Crippen LogP contribution in [0.4, 0.5) is 0 Å². The van der Waals surface area contributed by atoms with Crippen molar-refractivity contribution in [1.29, 1.82) is 5.26 Å². The Morgan fingerprint density at radius 3 is 2.37 bits per heavy atom. The molecule has 1 aromatic carbocycles. The Kier molecular flexibility index (Phi) is 4.30. The first kappa shape index (κ1) is 16.4. The predicted octanol–water partition coefficient (Wildman–Crippen LogP) is 4.04. The van der Waals surface area contributed by atoms with E-state index in [4.69, 9.17) is 0 Å². The van der Waals surface area contributed by atoms with Crippen LogP contribution in [0.1, 0.15) is 5.56 Å². The lowest BCUT2D eigenvalue weighted by atomic mass is 9.89. The van der Waals surface area contributed by atoms with E-state index in [1.807, 2.05) is 36.4 Å². The molecule has 5 heteroatoms. The van der Waals surface area contributed by atoms with Crippen LogP contribution in [0.25, 0.3) is 33.5 Å². The monoisotopic (exact) mass is 350 g/mol. The van der Waals surface area contributed by atoms with Gasteiger partial charge in [-0.15, -0.1) is 0 Å². The molecule has 0 aliphatic rings. The number of aromatic amines is 1. The molecule has 0 spiro atoms. The maximum absolute atomic E-state index is 12.9. The Morgan fingerprint density at radius 2 is 1.63 bits per heavy atom. The summed E-state index contributed by atoms with van der Waals surface area (Å²) in [5, 5.41) is 9.53. The smallest absolute Gasteiger partial charge is 0.256 e. The Labute approximate surface area is 155 Å². The molecule has 0 bridgehead atoms. The van der Waals surface area contributed by atoms with Crippen molar-refractivity contribution in [3.63, 3.8) is 0 Å². The topological polar surface area (TPSA) is 82.4 Å². The Morgan fingerprint density at radius 1 is 0.852 bits per heavy atom. The second-order valence-electron chi connectivity index (χ2n) is 5.89. The second-order valence-corrected chi connectivity index (χ2v) is 5.89. The van der Waals surface area contributed by atoms with Gasteiger partial charge in [0.2, 0.25) is 0 Å². The van der Waals surface area contributed by atoms with Gasteiger partial charge in [-0.2, -0.15) is 5.26 Å². The molecular weight excluding hydrogens is 336 g/mol. The summed E-state index contributed by atoms with van der Waals surface area (Å²) in [5.41, 5.74) is 4.29. The van der Waals surface area contributed by atoms with Crippen LogP contribution in [0.2, 0.25) is 0 Å². The van der Waals surface area contributed by atoms with E-state index in [0.717, 1.165) is 22.4 Å². The maximum Gasteiger partial charge on any atom is 0.256 e. The molecule has 1 N–H and O–H groups in total. The van der Waals surface area contributed by atoms with E-state index < -0.39 is 0 Å². The van der Waals surface area contributed by atoms with Crippen molar-refractivity contribution in [2.24, 2.45) is 0 Å². The highest BCUT2D eigenvalue weighted by molar-refractivity contribution is 5.93. The van der Waals surface area contributed by atoms with Gasteiger partial charge in [-0.3, -0.25) is 14.8 Å². The summed E-state index contributed by atoms with van der Waals surface area (Å²) in [6.07, 6.45) is 6.73. The SMILES string of the molecule is N#Cc1ccccc1-c1c(-c2ccncc2)c(-c2ccccn2)c[nH]c1=O. The molecule has 0 amide bonds. The number of hydrogen-bond acceptors (Lipinski definition) is 4. The van der Waals surface area contributed by atoms with Crippen LogP contribution in [-0.2, 0) is 0 Å². The predicted molar refractivity (Wildman–Crippen MR) is 104 cm³/mol. The summed E-state index contributed by atoms with van der Waals surface area (Å²) < 4.78 is 0. The molecular formula is C22H14N4O. The van der Waals surface area contributed by atoms with Gasteiger partial charge >= 0.3 is 0 Å². The number of benzene rings is 1. The average Bonchev–Trinajstić information content (AvgIpc) is 2.74. The van der Waals surface area contributed by atoms with Gasteiger partial charge < -0.3 is 4.98 Å². The summed E-state index contributed by atoms with van der Waals surface area (Å²) in [6.45, 7) is 0. The molecule has 0 saturated heterocycles. The lowest BCUT2D eigenvalue weighted by Gasteiger charge is -2.15. The van der Waals surface area contributed by atoms with Crippen LogP contribution in [0.15, 0.2) is 84.2 Å². The van der Waals surface area contributed by atoms with Gasteiger partial charge in [-0.25, -0.2) is 0 Å². The number of rotatable bonds is 3. The van der Waals surface area contributed by atoms with E-state index in [0.29, 0.717) is 16.7 Å². The van der Waals surface area contributed by atoms with E-state index >= 15 is 0 Å². The maximum atomic E-state index is 12.9. The Hall–Kier alpha value is -4.04. The molecule has 0 atom stereocenters. The van der Waals surface area contributed by atoms with Crippen molar-refractivity contribution in [2.75, 3.05) is 0 Å². The number of nitrogens with one attached hydrogen (secondary N) is 1. The molecule has 0 aliphatic carbocycles. The van der Waals surface area contributed by atoms with Crippen LogP contribution in [0.5, 0.6) is 0 Å². The van der Waals surface area contributed by atoms with Crippen molar-refractivity contribution >= 4 is 0 Å². The van der Waals surface area contributed by atoms with Crippen molar-refractivity contribution < 1.29 is 0 Å². The number of nitrogens with zero attached hydrogens (tertiary/aromatic N) is 3. The molecule has 3 aromatic heterocycles. The zero-order valence-corrected chi connectivity index (χ0v) is 14.3. The summed E-state index contributed by atoms with van der Waals surface area (Å²) >= 11 is 0. The van der Waals surface area contributed by atoms with Crippen LogP contribution >= 0.6 is 0 Å². The fourth-order valence-electron chi connectivity index (χ4n) is 3.13. The van der Waals surface area contributed by atoms with Crippen molar-refractivity contribution in [1.82, 2.24) is 15.0 Å². The van der Waals surface area contributed by atoms with Crippen molar-refractivity contribution in [3.8, 4) is 39.6 Å². The minimum Gasteiger partial charge on any atom is -0.328 e. The zero-order valence-electron chi connectivity index (χ0n) is 14.3. The molecule has 0 radical (unpaired) electrons. The highest BCUT2D eigenvalue weighted by Gasteiger charge is 2.20. The van der Waals surface area contributed by atoms with Crippen LogP contribution < -0.4 is 5.56 Å². The van der Waals surface area contributed by atoms with Gasteiger partial charge in [0.05, 0.1) is 22.9 Å². The first-order valence-corrected chi connectivity index (χ1v) is 8.36. The lowest BCUT2D eigenvalue weighted by molar-refractivity contribution is 1.22. The van der Waals surface area contributed by atoms with Crippen LogP contribution in [0, 0.1) is 11.3 Å². The first-order valence-electron chi connectivity index (χ1n) is 8.36. The molecule has 0 saturated carbocycles. The summed E-state index contributed by atoms with van der Waals surface area (Å²) in [4.78, 5) is 24.2. The normalized spacial score (nSPS) is 10.3. The van der Waals surface area contributed by atoms with E-state index in [-0.39, 0.29) is 5.56 Å². The molecule has 4 aromatic rings. The van der Waals surface area contributed by atoms with Crippen LogP contribution in [-0.4, -0.2) is 15.0 Å². The standard InChI is InChI=1S/C22H14N4O/c23-13-16-5-1-2-6-17(16)21-20(15-8-11-24-12-9-15)18(14-26-22(21)27)19-7-3-4-10-25-19/h1-12,14H,(H,26,27). The molecule has 128 valence electrons. The fraction of sp³-hybridized carbons (Fsp3) is 0. The minimum atomic E-state index is -0.260. The van der Waals surface area contributed by atoms with Gasteiger partial charge in [-0.05, 0) is 35.9 Å². The van der Waals surface area contributed by atoms with E-state index in [2.05, 4.69) is 21.0 Å². The number of H-pyrrole nitrogens is 1. The molecule has 0 fully saturated rings. The number of hydrogen-bond donors (Lipinski definition) is 1. The first-order chi connectivity index (χ1) is 13.3. The summed E-state index contributed by atoms with van der Waals surface area (Å²) in [7, 11) is 0. The quantitative estimate of drug-likeness (QED) is 0.604. The van der Waals surface area contributed by atoms with Gasteiger partial charge in [0.1, 0.15) is 0 Å². The third-order valence-corrected chi connectivity index (χ3v) is 4.32. The van der Waals surface area contributed by atoms with E-state index in [1.54, 1.807) is 43.0 Å². The number of pyridine rings is 3. The molecule has 3 heterocycles. The van der Waals surface area contributed by atoms with Crippen LogP contribution in [0.3, 0.4) is 0 Å². The van der Waals surface area contributed by atoms with Gasteiger partial charge in [0, 0.05) is 41.5 Å². The minimum absolute atomic E-state index is 0.260. The largest absolute Gasteiger partial charge is 0.328 e. The number of aromatic nitrogens is 3. The average molecular weight is 350 g/mol. The summed E-state index contributed by atoms with van der Waals surface area (Å²) in [6, 6.07) is 18.6. The zero-order chi connectivity index (χ0) is 18.6. The lowest BCUT2D eigenvalue weighted by Crippen LogP contribution is -2.12. The molecule has 4 rings (SSSR count). The van der Waals surface area contributed by atoms with Crippen molar-refractivity contribution in [3.05, 3.63) is 95.3 Å². The Bertz CT molecular complexity index is 1190. The van der Waals surface area contributed by atoms with Gasteiger partial charge in [0.15, 0.2) is 0 Å². The third-order valence-electron chi connectivity index (χ3n) is 4.32.